The van der Waals surface area contributed by atoms with Crippen LogP contribution < -0.4 is 5.32 Å². The van der Waals surface area contributed by atoms with Gasteiger partial charge in [0.1, 0.15) is 13.2 Å². The Labute approximate surface area is 472 Å². The van der Waals surface area contributed by atoms with Crippen molar-refractivity contribution in [3.8, 4) is 0 Å². The lowest BCUT2D eigenvalue weighted by Gasteiger charge is -2.25. The maximum absolute atomic E-state index is 13.0. The van der Waals surface area contributed by atoms with E-state index in [9.17, 15) is 19.4 Å². The molecule has 8 nitrogen and oxygen atoms in total. The third-order valence-electron chi connectivity index (χ3n) is 14.4. The summed E-state index contributed by atoms with van der Waals surface area (Å²) in [6.45, 7) is 4.77. The topological polar surface area (TPSA) is 105 Å². The molecule has 0 fully saturated rings. The standard InChI is InChI=1S/C67H125N2O6P/c1-6-8-10-12-14-16-18-20-22-23-24-25-26-27-28-29-30-31-32-33-34-35-36-37-38-39-40-41-42-43-44-45-47-49-51-53-55-57-59-61-67(71)68-65(64-75-76(72,73)74-63-62-69(3,4)5)66(70)60-58-56-54-52-50-48-46-21-19-17-15-13-11-9-7-2/h18-21,23-24,26-27,50,52,58,60,65-66,70H,6-17,22,25,28-49,51,53-57,59,61-64H2,1-5H3,(H-,68,71,72,73)/p+1/b20-18-,21-19+,24-23-,27-26-,52-50+,60-58+. The Hall–Kier alpha value is -2.06. The van der Waals surface area contributed by atoms with E-state index in [0.717, 1.165) is 57.8 Å². The summed E-state index contributed by atoms with van der Waals surface area (Å²) in [4.78, 5) is 23.3. The first-order valence-electron chi connectivity index (χ1n) is 32.3. The van der Waals surface area contributed by atoms with Gasteiger partial charge in [0.25, 0.3) is 0 Å². The average molecular weight is 1090 g/mol. The van der Waals surface area contributed by atoms with Crippen molar-refractivity contribution in [2.45, 2.75) is 309 Å². The second-order valence-electron chi connectivity index (χ2n) is 23.1. The number of nitrogens with zero attached hydrogens (tertiary/aromatic N) is 1. The van der Waals surface area contributed by atoms with Gasteiger partial charge < -0.3 is 19.8 Å². The zero-order valence-corrected chi connectivity index (χ0v) is 51.6. The zero-order valence-electron chi connectivity index (χ0n) is 50.7. The minimum atomic E-state index is -4.36. The van der Waals surface area contributed by atoms with E-state index in [1.54, 1.807) is 6.08 Å². The summed E-state index contributed by atoms with van der Waals surface area (Å²) in [6.07, 6.45) is 80.5. The number of likely N-dealkylation sites (N-methyl/N-ethyl adjacent to an activating group) is 1. The molecule has 0 radical (unpaired) electrons. The molecule has 0 bridgehead atoms. The molecule has 0 rings (SSSR count). The number of quaternary nitrogens is 1. The molecule has 0 saturated heterocycles. The Morgan fingerprint density at radius 1 is 0.447 bits per heavy atom. The van der Waals surface area contributed by atoms with Crippen molar-refractivity contribution in [2.75, 3.05) is 40.9 Å². The van der Waals surface area contributed by atoms with E-state index in [2.05, 4.69) is 79.9 Å². The minimum Gasteiger partial charge on any atom is -0.387 e. The molecule has 1 amide bonds. The SMILES string of the molecule is CCCCCCC/C=C\C/C=C\C/C=C\CCCCCCCCCCCCCCCCCCCCCCCCCCC(=O)NC(COP(=O)(O)OCC[N+](C)(C)C)C(O)/C=C/CC/C=C/CC/C=C/CCCCCCC. The number of unbranched alkanes of at least 4 members (excludes halogenated alkanes) is 36. The lowest BCUT2D eigenvalue weighted by molar-refractivity contribution is -0.870. The third kappa shape index (κ3) is 59.6. The van der Waals surface area contributed by atoms with Gasteiger partial charge in [0.15, 0.2) is 0 Å². The molecule has 0 aromatic heterocycles. The molecule has 0 saturated carbocycles. The Morgan fingerprint density at radius 2 is 0.763 bits per heavy atom. The van der Waals surface area contributed by atoms with Crippen molar-refractivity contribution >= 4 is 13.7 Å². The molecule has 76 heavy (non-hydrogen) atoms. The quantitative estimate of drug-likeness (QED) is 0.0243. The highest BCUT2D eigenvalue weighted by atomic mass is 31.2. The summed E-state index contributed by atoms with van der Waals surface area (Å²) in [7, 11) is 1.55. The van der Waals surface area contributed by atoms with Crippen LogP contribution in [0, 0.1) is 0 Å². The van der Waals surface area contributed by atoms with Crippen molar-refractivity contribution < 1.29 is 32.9 Å². The third-order valence-corrected chi connectivity index (χ3v) is 15.4. The fraction of sp³-hybridized carbons (Fsp3) is 0.806. The van der Waals surface area contributed by atoms with Gasteiger partial charge in [-0.1, -0.05) is 279 Å². The fourth-order valence-corrected chi connectivity index (χ4v) is 10.1. The molecule has 0 aromatic rings. The number of phosphoric ester groups is 1. The van der Waals surface area contributed by atoms with Gasteiger partial charge in [-0.15, -0.1) is 0 Å². The van der Waals surface area contributed by atoms with Crippen LogP contribution in [0.25, 0.3) is 0 Å². The first-order chi connectivity index (χ1) is 37.0. The lowest BCUT2D eigenvalue weighted by atomic mass is 10.0. The number of aliphatic hydroxyl groups is 1. The van der Waals surface area contributed by atoms with E-state index in [0.29, 0.717) is 17.4 Å². The number of carbonyl (C=O) groups excluding carboxylic acids is 1. The summed E-state index contributed by atoms with van der Waals surface area (Å²) in [5, 5.41) is 13.9. The monoisotopic (exact) mass is 1090 g/mol. The first kappa shape index (κ1) is 73.9. The van der Waals surface area contributed by atoms with Crippen molar-refractivity contribution in [1.82, 2.24) is 5.32 Å². The van der Waals surface area contributed by atoms with Crippen LogP contribution in [0.2, 0.25) is 0 Å². The van der Waals surface area contributed by atoms with Crippen molar-refractivity contribution in [1.29, 1.82) is 0 Å². The summed E-state index contributed by atoms with van der Waals surface area (Å²) >= 11 is 0. The number of nitrogens with one attached hydrogen (secondary N) is 1. The number of carbonyl (C=O) groups is 1. The molecular weight excluding hydrogens is 960 g/mol. The van der Waals surface area contributed by atoms with Gasteiger partial charge >= 0.3 is 7.82 Å². The molecule has 9 heteroatoms. The van der Waals surface area contributed by atoms with Crippen molar-refractivity contribution in [3.05, 3.63) is 72.9 Å². The van der Waals surface area contributed by atoms with Gasteiger partial charge in [-0.25, -0.2) is 4.57 Å². The van der Waals surface area contributed by atoms with Gasteiger partial charge in [-0.2, -0.15) is 0 Å². The van der Waals surface area contributed by atoms with E-state index in [-0.39, 0.29) is 19.1 Å². The van der Waals surface area contributed by atoms with Gasteiger partial charge in [0.05, 0.1) is 39.9 Å². The maximum Gasteiger partial charge on any atom is 0.472 e. The molecule has 0 aliphatic rings. The summed E-state index contributed by atoms with van der Waals surface area (Å²) in [5.74, 6) is -0.188. The molecule has 0 aliphatic heterocycles. The molecule has 0 spiro atoms. The number of phosphoric acid groups is 1. The summed E-state index contributed by atoms with van der Waals surface area (Å²) < 4.78 is 23.7. The predicted octanol–water partition coefficient (Wildman–Crippen LogP) is 20.2. The number of hydrogen-bond acceptors (Lipinski definition) is 5. The van der Waals surface area contributed by atoms with Crippen LogP contribution in [-0.4, -0.2) is 73.4 Å². The summed E-state index contributed by atoms with van der Waals surface area (Å²) in [6, 6.07) is -0.870. The molecule has 3 N–H and O–H groups in total. The average Bonchev–Trinajstić information content (AvgIpc) is 3.38. The van der Waals surface area contributed by atoms with Crippen LogP contribution in [0.5, 0.6) is 0 Å². The highest BCUT2D eigenvalue weighted by Gasteiger charge is 2.27. The molecular formula is C67H126N2O6P+. The fourth-order valence-electron chi connectivity index (χ4n) is 9.32. The van der Waals surface area contributed by atoms with Crippen LogP contribution in [0.1, 0.15) is 296 Å². The Kier molecular flexibility index (Phi) is 56.1. The van der Waals surface area contributed by atoms with Gasteiger partial charge in [-0.3, -0.25) is 13.8 Å². The first-order valence-corrected chi connectivity index (χ1v) is 33.8. The number of amides is 1. The van der Waals surface area contributed by atoms with Gasteiger partial charge in [0.2, 0.25) is 5.91 Å². The smallest absolute Gasteiger partial charge is 0.387 e. The van der Waals surface area contributed by atoms with E-state index >= 15 is 0 Å². The Bertz CT molecular complexity index is 1470. The maximum atomic E-state index is 13.0. The van der Waals surface area contributed by atoms with Crippen LogP contribution in [0.15, 0.2) is 72.9 Å². The second kappa shape index (κ2) is 57.6. The van der Waals surface area contributed by atoms with Gasteiger partial charge in [0, 0.05) is 6.42 Å². The second-order valence-corrected chi connectivity index (χ2v) is 24.6. The predicted molar refractivity (Wildman–Crippen MR) is 332 cm³/mol. The Balaban J connectivity index is 3.95. The molecule has 0 aliphatic carbocycles. The largest absolute Gasteiger partial charge is 0.472 e. The minimum absolute atomic E-state index is 0.0530. The van der Waals surface area contributed by atoms with E-state index in [1.807, 2.05) is 27.2 Å². The van der Waals surface area contributed by atoms with E-state index in [4.69, 9.17) is 9.05 Å². The lowest BCUT2D eigenvalue weighted by Crippen LogP contribution is -2.45. The molecule has 3 unspecified atom stereocenters. The van der Waals surface area contributed by atoms with Crippen molar-refractivity contribution in [2.24, 2.45) is 0 Å². The van der Waals surface area contributed by atoms with Crippen LogP contribution >= 0.6 is 7.82 Å². The van der Waals surface area contributed by atoms with E-state index in [1.165, 1.54) is 218 Å². The highest BCUT2D eigenvalue weighted by Crippen LogP contribution is 2.43. The number of allylic oxidation sites excluding steroid dienone is 11. The number of aliphatic hydroxyl groups excluding tert-OH is 1. The number of rotatable bonds is 59. The summed E-state index contributed by atoms with van der Waals surface area (Å²) in [5.41, 5.74) is 0. The van der Waals surface area contributed by atoms with Gasteiger partial charge in [-0.05, 0) is 83.5 Å². The van der Waals surface area contributed by atoms with Crippen LogP contribution in [0.4, 0.5) is 0 Å². The van der Waals surface area contributed by atoms with E-state index < -0.39 is 20.0 Å². The van der Waals surface area contributed by atoms with Crippen LogP contribution in [0.3, 0.4) is 0 Å². The normalized spacial score (nSPS) is 14.2. The van der Waals surface area contributed by atoms with Crippen LogP contribution in [-0.2, 0) is 18.4 Å². The zero-order chi connectivity index (χ0) is 55.6. The Morgan fingerprint density at radius 3 is 1.14 bits per heavy atom. The van der Waals surface area contributed by atoms with Crippen molar-refractivity contribution in [3.63, 3.8) is 0 Å². The molecule has 0 aromatic carbocycles. The molecule has 0 heterocycles. The highest BCUT2D eigenvalue weighted by molar-refractivity contribution is 7.47. The molecule has 444 valence electrons. The number of hydrogen-bond donors (Lipinski definition) is 3. The molecule has 3 atom stereocenters.